The molecule has 0 bridgehead atoms. The van der Waals surface area contributed by atoms with Crippen molar-refractivity contribution in [1.82, 2.24) is 0 Å². The van der Waals surface area contributed by atoms with Gasteiger partial charge in [-0.3, -0.25) is 0 Å². The first-order valence-corrected chi connectivity index (χ1v) is 5.26. The Morgan fingerprint density at radius 1 is 1.41 bits per heavy atom. The van der Waals surface area contributed by atoms with Gasteiger partial charge in [0.2, 0.25) is 0 Å². The third kappa shape index (κ3) is 3.99. The molecule has 0 amide bonds. The lowest BCUT2D eigenvalue weighted by atomic mass is 10.1. The molecule has 0 aromatic heterocycles. The van der Waals surface area contributed by atoms with Crippen LogP contribution in [-0.2, 0) is 6.42 Å². The van der Waals surface area contributed by atoms with Gasteiger partial charge in [0.15, 0.2) is 5.92 Å². The maximum Gasteiger partial charge on any atom is 0.406 e. The molecule has 0 fully saturated rings. The predicted molar refractivity (Wildman–Crippen MR) is 59.5 cm³/mol. The van der Waals surface area contributed by atoms with E-state index in [2.05, 4.69) is 5.32 Å². The minimum atomic E-state index is -4.48. The van der Waals surface area contributed by atoms with Gasteiger partial charge in [0.25, 0.3) is 0 Å². The van der Waals surface area contributed by atoms with Gasteiger partial charge in [0.1, 0.15) is 0 Å². The molecular weight excluding hydrogens is 229 g/mol. The van der Waals surface area contributed by atoms with Crippen LogP contribution in [0.25, 0.3) is 0 Å². The van der Waals surface area contributed by atoms with Crippen LogP contribution < -0.4 is 5.32 Å². The standard InChI is InChI=1S/C12H13F3N2/c1-2-9-4-3-5-11(6-9)17-8-10(7-16)12(13,14)15/h3-6,10,17H,2,8H2,1H3. The zero-order chi connectivity index (χ0) is 12.9. The van der Waals surface area contributed by atoms with Gasteiger partial charge >= 0.3 is 6.18 Å². The first-order chi connectivity index (χ1) is 7.97. The lowest BCUT2D eigenvalue weighted by Crippen LogP contribution is -2.28. The number of aryl methyl sites for hydroxylation is 1. The average Bonchev–Trinajstić information content (AvgIpc) is 2.28. The number of hydrogen-bond acceptors (Lipinski definition) is 2. The predicted octanol–water partition coefficient (Wildman–Crippen LogP) is 3.36. The highest BCUT2D eigenvalue weighted by Crippen LogP contribution is 2.26. The molecule has 1 rings (SSSR count). The molecule has 1 N–H and O–H groups in total. The molecule has 0 aliphatic rings. The fourth-order valence-corrected chi connectivity index (χ4v) is 1.36. The van der Waals surface area contributed by atoms with Crippen LogP contribution in [0, 0.1) is 17.2 Å². The molecule has 5 heteroatoms. The van der Waals surface area contributed by atoms with Crippen molar-refractivity contribution >= 4 is 5.69 Å². The Bertz CT molecular complexity index is 407. The summed E-state index contributed by atoms with van der Waals surface area (Å²) in [7, 11) is 0. The Kier molecular flexibility index (Phi) is 4.38. The molecule has 1 atom stereocenters. The number of anilines is 1. The van der Waals surface area contributed by atoms with E-state index in [1.54, 1.807) is 18.2 Å². The Morgan fingerprint density at radius 3 is 2.65 bits per heavy atom. The Hall–Kier alpha value is -1.70. The molecule has 0 spiro atoms. The fraction of sp³-hybridized carbons (Fsp3) is 0.417. The van der Waals surface area contributed by atoms with Crippen LogP contribution >= 0.6 is 0 Å². The second-order valence-electron chi connectivity index (χ2n) is 3.66. The SMILES string of the molecule is CCc1cccc(NCC(C#N)C(F)(F)F)c1. The molecule has 92 valence electrons. The van der Waals surface area contributed by atoms with Crippen molar-refractivity contribution in [1.29, 1.82) is 5.26 Å². The van der Waals surface area contributed by atoms with Gasteiger partial charge in [-0.1, -0.05) is 19.1 Å². The molecule has 0 heterocycles. The number of nitrogens with one attached hydrogen (secondary N) is 1. The molecule has 1 aromatic rings. The van der Waals surface area contributed by atoms with Crippen molar-refractivity contribution in [3.05, 3.63) is 29.8 Å². The third-order valence-corrected chi connectivity index (χ3v) is 2.40. The third-order valence-electron chi connectivity index (χ3n) is 2.40. The highest BCUT2D eigenvalue weighted by Gasteiger charge is 2.39. The van der Waals surface area contributed by atoms with E-state index >= 15 is 0 Å². The number of benzene rings is 1. The summed E-state index contributed by atoms with van der Waals surface area (Å²) >= 11 is 0. The maximum absolute atomic E-state index is 12.3. The zero-order valence-electron chi connectivity index (χ0n) is 9.38. The largest absolute Gasteiger partial charge is 0.406 e. The van der Waals surface area contributed by atoms with Crippen molar-refractivity contribution in [3.8, 4) is 6.07 Å². The number of rotatable bonds is 4. The van der Waals surface area contributed by atoms with E-state index in [9.17, 15) is 13.2 Å². The van der Waals surface area contributed by atoms with E-state index in [0.29, 0.717) is 5.69 Å². The first kappa shape index (κ1) is 13.4. The van der Waals surface area contributed by atoms with Gasteiger partial charge < -0.3 is 5.32 Å². The van der Waals surface area contributed by atoms with E-state index in [4.69, 9.17) is 5.26 Å². The second-order valence-corrected chi connectivity index (χ2v) is 3.66. The van der Waals surface area contributed by atoms with Crippen molar-refractivity contribution < 1.29 is 13.2 Å². The van der Waals surface area contributed by atoms with E-state index in [1.165, 1.54) is 6.07 Å². The molecule has 1 unspecified atom stereocenters. The van der Waals surface area contributed by atoms with Crippen LogP contribution in [0.15, 0.2) is 24.3 Å². The molecular formula is C12H13F3N2. The quantitative estimate of drug-likeness (QED) is 0.878. The van der Waals surface area contributed by atoms with Crippen LogP contribution in [0.1, 0.15) is 12.5 Å². The number of halogens is 3. The summed E-state index contributed by atoms with van der Waals surface area (Å²) in [5.41, 5.74) is 1.64. The van der Waals surface area contributed by atoms with Crippen molar-refractivity contribution in [2.75, 3.05) is 11.9 Å². The maximum atomic E-state index is 12.3. The number of nitrogens with zero attached hydrogens (tertiary/aromatic N) is 1. The highest BCUT2D eigenvalue weighted by molar-refractivity contribution is 5.45. The van der Waals surface area contributed by atoms with Gasteiger partial charge in [-0.2, -0.15) is 18.4 Å². The fourth-order valence-electron chi connectivity index (χ4n) is 1.36. The normalized spacial score (nSPS) is 12.9. The molecule has 17 heavy (non-hydrogen) atoms. The Balaban J connectivity index is 2.64. The molecule has 0 radical (unpaired) electrons. The van der Waals surface area contributed by atoms with Crippen molar-refractivity contribution in [3.63, 3.8) is 0 Å². The minimum absolute atomic E-state index is 0.423. The van der Waals surface area contributed by atoms with E-state index in [-0.39, 0.29) is 0 Å². The van der Waals surface area contributed by atoms with Gasteiger partial charge in [0, 0.05) is 12.2 Å². The minimum Gasteiger partial charge on any atom is -0.383 e. The first-order valence-electron chi connectivity index (χ1n) is 5.26. The van der Waals surface area contributed by atoms with Crippen LogP contribution in [0.2, 0.25) is 0 Å². The van der Waals surface area contributed by atoms with Crippen LogP contribution in [0.4, 0.5) is 18.9 Å². The monoisotopic (exact) mass is 242 g/mol. The van der Waals surface area contributed by atoms with Gasteiger partial charge in [-0.25, -0.2) is 0 Å². The van der Waals surface area contributed by atoms with Crippen molar-refractivity contribution in [2.45, 2.75) is 19.5 Å². The summed E-state index contributed by atoms with van der Waals surface area (Å²) in [6.07, 6.45) is -3.67. The Labute approximate surface area is 98.1 Å². The van der Waals surface area contributed by atoms with E-state index in [0.717, 1.165) is 12.0 Å². The Morgan fingerprint density at radius 2 is 2.12 bits per heavy atom. The number of nitriles is 1. The molecule has 2 nitrogen and oxygen atoms in total. The van der Waals surface area contributed by atoms with Gasteiger partial charge in [0.05, 0.1) is 6.07 Å². The number of alkyl halides is 3. The lowest BCUT2D eigenvalue weighted by molar-refractivity contribution is -0.155. The smallest absolute Gasteiger partial charge is 0.383 e. The summed E-state index contributed by atoms with van der Waals surface area (Å²) < 4.78 is 36.9. The molecule has 1 aromatic carbocycles. The van der Waals surface area contributed by atoms with Gasteiger partial charge in [-0.05, 0) is 24.1 Å². The van der Waals surface area contributed by atoms with Crippen LogP contribution in [-0.4, -0.2) is 12.7 Å². The topological polar surface area (TPSA) is 35.8 Å². The van der Waals surface area contributed by atoms with E-state index < -0.39 is 18.6 Å². The summed E-state index contributed by atoms with van der Waals surface area (Å²) in [6.45, 7) is 1.54. The van der Waals surface area contributed by atoms with E-state index in [1.807, 2.05) is 13.0 Å². The summed E-state index contributed by atoms with van der Waals surface area (Å²) in [5, 5.41) is 11.1. The molecule has 0 saturated carbocycles. The summed E-state index contributed by atoms with van der Waals surface area (Å²) in [6, 6.07) is 8.39. The lowest BCUT2D eigenvalue weighted by Gasteiger charge is -2.15. The summed E-state index contributed by atoms with van der Waals surface area (Å²) in [5.74, 6) is -1.98. The molecule has 0 saturated heterocycles. The van der Waals surface area contributed by atoms with Gasteiger partial charge in [-0.15, -0.1) is 0 Å². The molecule has 0 aliphatic carbocycles. The summed E-state index contributed by atoms with van der Waals surface area (Å²) in [4.78, 5) is 0. The van der Waals surface area contributed by atoms with Crippen LogP contribution in [0.5, 0.6) is 0 Å². The average molecular weight is 242 g/mol. The zero-order valence-corrected chi connectivity index (χ0v) is 9.38. The van der Waals surface area contributed by atoms with Crippen molar-refractivity contribution in [2.24, 2.45) is 5.92 Å². The number of hydrogen-bond donors (Lipinski definition) is 1. The van der Waals surface area contributed by atoms with Crippen LogP contribution in [0.3, 0.4) is 0 Å². The second kappa shape index (κ2) is 5.58. The molecule has 0 aliphatic heterocycles. The highest BCUT2D eigenvalue weighted by atomic mass is 19.4.